The normalized spacial score (nSPS) is 13.9. The van der Waals surface area contributed by atoms with Crippen LogP contribution < -0.4 is 5.32 Å². The van der Waals surface area contributed by atoms with Crippen LogP contribution in [0.3, 0.4) is 0 Å². The SMILES string of the molecule is CNC(CO)c1cccc(C(F)(F)F)c1. The van der Waals surface area contributed by atoms with Crippen molar-refractivity contribution in [1.29, 1.82) is 0 Å². The van der Waals surface area contributed by atoms with Gasteiger partial charge < -0.3 is 10.4 Å². The van der Waals surface area contributed by atoms with Crippen LogP contribution in [0.5, 0.6) is 0 Å². The van der Waals surface area contributed by atoms with Crippen LogP contribution in [0.1, 0.15) is 17.2 Å². The van der Waals surface area contributed by atoms with Crippen molar-refractivity contribution in [2.45, 2.75) is 12.2 Å². The molecule has 0 fully saturated rings. The summed E-state index contributed by atoms with van der Waals surface area (Å²) in [4.78, 5) is 0. The van der Waals surface area contributed by atoms with E-state index in [2.05, 4.69) is 5.32 Å². The monoisotopic (exact) mass is 219 g/mol. The highest BCUT2D eigenvalue weighted by Gasteiger charge is 2.30. The van der Waals surface area contributed by atoms with Crippen molar-refractivity contribution >= 4 is 0 Å². The van der Waals surface area contributed by atoms with Crippen molar-refractivity contribution in [3.05, 3.63) is 35.4 Å². The number of rotatable bonds is 3. The Labute approximate surface area is 85.7 Å². The predicted octanol–water partition coefficient (Wildman–Crippen LogP) is 1.96. The third kappa shape index (κ3) is 2.94. The molecule has 1 aromatic carbocycles. The first-order valence-electron chi connectivity index (χ1n) is 4.44. The lowest BCUT2D eigenvalue weighted by Gasteiger charge is -2.15. The van der Waals surface area contributed by atoms with Crippen molar-refractivity contribution in [3.63, 3.8) is 0 Å². The topological polar surface area (TPSA) is 32.3 Å². The maximum absolute atomic E-state index is 12.4. The number of hydrogen-bond acceptors (Lipinski definition) is 2. The molecule has 0 saturated carbocycles. The molecule has 0 spiro atoms. The van der Waals surface area contributed by atoms with E-state index in [9.17, 15) is 13.2 Å². The third-order valence-electron chi connectivity index (χ3n) is 2.15. The van der Waals surface area contributed by atoms with Crippen LogP contribution in [0.2, 0.25) is 0 Å². The smallest absolute Gasteiger partial charge is 0.394 e. The molecule has 15 heavy (non-hydrogen) atoms. The molecule has 0 aromatic heterocycles. The first-order valence-corrected chi connectivity index (χ1v) is 4.44. The summed E-state index contributed by atoms with van der Waals surface area (Å²) in [6.07, 6.45) is -4.34. The van der Waals surface area contributed by atoms with Gasteiger partial charge in [-0.05, 0) is 24.7 Å². The van der Waals surface area contributed by atoms with E-state index in [1.807, 2.05) is 0 Å². The van der Waals surface area contributed by atoms with Gasteiger partial charge in [0.05, 0.1) is 18.2 Å². The van der Waals surface area contributed by atoms with Gasteiger partial charge in [0.25, 0.3) is 0 Å². The van der Waals surface area contributed by atoms with Gasteiger partial charge >= 0.3 is 6.18 Å². The van der Waals surface area contributed by atoms with Gasteiger partial charge in [0.1, 0.15) is 0 Å². The van der Waals surface area contributed by atoms with Gasteiger partial charge in [-0.3, -0.25) is 0 Å². The molecule has 1 aromatic rings. The molecular formula is C10H12F3NO. The summed E-state index contributed by atoms with van der Waals surface area (Å²) in [5.41, 5.74) is -0.275. The molecule has 0 bridgehead atoms. The summed E-state index contributed by atoms with van der Waals surface area (Å²) in [5, 5.41) is 11.7. The summed E-state index contributed by atoms with van der Waals surface area (Å²) >= 11 is 0. The van der Waals surface area contributed by atoms with E-state index in [0.717, 1.165) is 12.1 Å². The van der Waals surface area contributed by atoms with Gasteiger partial charge in [0, 0.05) is 0 Å². The van der Waals surface area contributed by atoms with Gasteiger partial charge in [-0.25, -0.2) is 0 Å². The molecule has 2 N–H and O–H groups in total. The predicted molar refractivity (Wildman–Crippen MR) is 50.3 cm³/mol. The summed E-state index contributed by atoms with van der Waals surface area (Å²) < 4.78 is 37.1. The Morgan fingerprint density at radius 2 is 2.07 bits per heavy atom. The van der Waals surface area contributed by atoms with Crippen LogP contribution in [0.15, 0.2) is 24.3 Å². The Morgan fingerprint density at radius 3 is 2.53 bits per heavy atom. The zero-order valence-electron chi connectivity index (χ0n) is 8.17. The van der Waals surface area contributed by atoms with Gasteiger partial charge in [0.2, 0.25) is 0 Å². The minimum Gasteiger partial charge on any atom is -0.394 e. The van der Waals surface area contributed by atoms with Crippen molar-refractivity contribution < 1.29 is 18.3 Å². The number of nitrogens with one attached hydrogen (secondary N) is 1. The fourth-order valence-corrected chi connectivity index (χ4v) is 1.30. The molecule has 0 saturated heterocycles. The lowest BCUT2D eigenvalue weighted by atomic mass is 10.0. The zero-order chi connectivity index (χ0) is 11.5. The average molecular weight is 219 g/mol. The summed E-state index contributed by atoms with van der Waals surface area (Å²) in [6.45, 7) is -0.238. The Kier molecular flexibility index (Phi) is 3.71. The zero-order valence-corrected chi connectivity index (χ0v) is 8.17. The molecule has 1 unspecified atom stereocenters. The molecule has 2 nitrogen and oxygen atoms in total. The molecule has 0 heterocycles. The Morgan fingerprint density at radius 1 is 1.40 bits per heavy atom. The molecule has 0 radical (unpaired) electrons. The van der Waals surface area contributed by atoms with Crippen molar-refractivity contribution in [3.8, 4) is 0 Å². The van der Waals surface area contributed by atoms with E-state index < -0.39 is 17.8 Å². The lowest BCUT2D eigenvalue weighted by Crippen LogP contribution is -2.20. The number of halogens is 3. The highest BCUT2D eigenvalue weighted by molar-refractivity contribution is 5.28. The van der Waals surface area contributed by atoms with Crippen molar-refractivity contribution in [1.82, 2.24) is 5.32 Å². The lowest BCUT2D eigenvalue weighted by molar-refractivity contribution is -0.137. The van der Waals surface area contributed by atoms with Crippen molar-refractivity contribution in [2.24, 2.45) is 0 Å². The van der Waals surface area contributed by atoms with E-state index >= 15 is 0 Å². The highest BCUT2D eigenvalue weighted by atomic mass is 19.4. The van der Waals surface area contributed by atoms with Gasteiger partial charge in [-0.15, -0.1) is 0 Å². The third-order valence-corrected chi connectivity index (χ3v) is 2.15. The number of aliphatic hydroxyl groups excluding tert-OH is 1. The number of hydrogen-bond donors (Lipinski definition) is 2. The fraction of sp³-hybridized carbons (Fsp3) is 0.400. The summed E-state index contributed by atoms with van der Waals surface area (Å²) in [6, 6.07) is 4.46. The number of aliphatic hydroxyl groups is 1. The van der Waals surface area contributed by atoms with Gasteiger partial charge in [-0.1, -0.05) is 12.1 Å². The minimum atomic E-state index is -4.34. The molecule has 1 atom stereocenters. The minimum absolute atomic E-state index is 0.238. The molecule has 5 heteroatoms. The largest absolute Gasteiger partial charge is 0.416 e. The van der Waals surface area contributed by atoms with Crippen LogP contribution in [0, 0.1) is 0 Å². The van der Waals surface area contributed by atoms with Crippen LogP contribution >= 0.6 is 0 Å². The number of likely N-dealkylation sites (N-methyl/N-ethyl adjacent to an activating group) is 1. The molecular weight excluding hydrogens is 207 g/mol. The maximum atomic E-state index is 12.4. The van der Waals surface area contributed by atoms with Crippen LogP contribution in [-0.4, -0.2) is 18.8 Å². The Bertz CT molecular complexity index is 321. The number of benzene rings is 1. The molecule has 0 aliphatic carbocycles. The van der Waals surface area contributed by atoms with Gasteiger partial charge in [-0.2, -0.15) is 13.2 Å². The second kappa shape index (κ2) is 4.63. The second-order valence-electron chi connectivity index (χ2n) is 3.15. The van der Waals surface area contributed by atoms with Crippen LogP contribution in [0.4, 0.5) is 13.2 Å². The Hall–Kier alpha value is -1.07. The first-order chi connectivity index (χ1) is 6.99. The van der Waals surface area contributed by atoms with Gasteiger partial charge in [0.15, 0.2) is 0 Å². The molecule has 1 rings (SSSR count). The second-order valence-corrected chi connectivity index (χ2v) is 3.15. The average Bonchev–Trinajstić information content (AvgIpc) is 2.19. The first kappa shape index (κ1) is 12.0. The standard InChI is InChI=1S/C10H12F3NO/c1-14-9(6-15)7-3-2-4-8(5-7)10(11,12)13/h2-5,9,14-15H,6H2,1H3. The molecule has 0 amide bonds. The maximum Gasteiger partial charge on any atom is 0.416 e. The van der Waals surface area contributed by atoms with E-state index in [1.165, 1.54) is 6.07 Å². The fourth-order valence-electron chi connectivity index (χ4n) is 1.30. The van der Waals surface area contributed by atoms with Crippen LogP contribution in [0.25, 0.3) is 0 Å². The quantitative estimate of drug-likeness (QED) is 0.814. The molecule has 0 aliphatic rings. The van der Waals surface area contributed by atoms with Crippen LogP contribution in [-0.2, 0) is 6.18 Å². The highest BCUT2D eigenvalue weighted by Crippen LogP contribution is 2.30. The number of alkyl halides is 3. The van der Waals surface area contributed by atoms with Crippen molar-refractivity contribution in [2.75, 3.05) is 13.7 Å². The van der Waals surface area contributed by atoms with E-state index in [0.29, 0.717) is 5.56 Å². The van der Waals surface area contributed by atoms with E-state index in [4.69, 9.17) is 5.11 Å². The Balaban J connectivity index is 3.02. The van der Waals surface area contributed by atoms with E-state index in [1.54, 1.807) is 13.1 Å². The van der Waals surface area contributed by atoms with E-state index in [-0.39, 0.29) is 6.61 Å². The molecule has 84 valence electrons. The summed E-state index contributed by atoms with van der Waals surface area (Å²) in [7, 11) is 1.58. The summed E-state index contributed by atoms with van der Waals surface area (Å²) in [5.74, 6) is 0. The molecule has 0 aliphatic heterocycles.